The molecule has 21 heavy (non-hydrogen) atoms. The van der Waals surface area contributed by atoms with Gasteiger partial charge in [-0.3, -0.25) is 0 Å². The van der Waals surface area contributed by atoms with Crippen molar-refractivity contribution in [1.29, 1.82) is 0 Å². The Morgan fingerprint density at radius 2 is 1.95 bits per heavy atom. The lowest BCUT2D eigenvalue weighted by molar-refractivity contribution is -0.137. The van der Waals surface area contributed by atoms with E-state index in [4.69, 9.17) is 5.73 Å². The Hall–Kier alpha value is -1.82. The number of nitrogens with zero attached hydrogens (tertiary/aromatic N) is 2. The first-order chi connectivity index (χ1) is 10.0. The molecule has 1 unspecified atom stereocenters. The van der Waals surface area contributed by atoms with Crippen molar-refractivity contribution in [2.75, 3.05) is 6.54 Å². The van der Waals surface area contributed by atoms with E-state index in [1.54, 1.807) is 10.9 Å². The molecule has 3 rings (SSSR count). The fourth-order valence-corrected chi connectivity index (χ4v) is 2.91. The van der Waals surface area contributed by atoms with Gasteiger partial charge in [-0.25, -0.2) is 4.68 Å². The molecule has 1 aromatic carbocycles. The van der Waals surface area contributed by atoms with Gasteiger partial charge in [0.05, 0.1) is 17.4 Å². The number of alkyl halides is 3. The maximum Gasteiger partial charge on any atom is 0.416 e. The average molecular weight is 295 g/mol. The van der Waals surface area contributed by atoms with Gasteiger partial charge >= 0.3 is 6.18 Å². The lowest BCUT2D eigenvalue weighted by atomic mass is 9.87. The molecule has 1 aromatic heterocycles. The third-order valence-electron chi connectivity index (χ3n) is 4.03. The van der Waals surface area contributed by atoms with Gasteiger partial charge in [0, 0.05) is 5.69 Å². The van der Waals surface area contributed by atoms with E-state index < -0.39 is 11.7 Å². The number of benzene rings is 1. The summed E-state index contributed by atoms with van der Waals surface area (Å²) in [7, 11) is 0. The Kier molecular flexibility index (Phi) is 3.49. The van der Waals surface area contributed by atoms with Gasteiger partial charge in [0.15, 0.2) is 0 Å². The summed E-state index contributed by atoms with van der Waals surface area (Å²) in [6, 6.07) is 5.10. The van der Waals surface area contributed by atoms with Crippen molar-refractivity contribution in [1.82, 2.24) is 9.78 Å². The van der Waals surface area contributed by atoms with E-state index in [0.29, 0.717) is 18.2 Å². The van der Waals surface area contributed by atoms with E-state index in [-0.39, 0.29) is 0 Å². The molecule has 0 amide bonds. The SMILES string of the molecule is NCC1CCCc2c1cnn2-c1ccc(C(F)(F)F)cc1. The summed E-state index contributed by atoms with van der Waals surface area (Å²) >= 11 is 0. The monoisotopic (exact) mass is 295 g/mol. The zero-order valence-corrected chi connectivity index (χ0v) is 11.4. The van der Waals surface area contributed by atoms with Crippen molar-refractivity contribution >= 4 is 0 Å². The highest BCUT2D eigenvalue weighted by Gasteiger charge is 2.30. The predicted molar refractivity (Wildman–Crippen MR) is 73.3 cm³/mol. The van der Waals surface area contributed by atoms with Crippen LogP contribution in [0.4, 0.5) is 13.2 Å². The standard InChI is InChI=1S/C15H16F3N3/c16-15(17,18)11-4-6-12(7-5-11)21-14-3-1-2-10(8-19)13(14)9-20-21/h4-7,9-10H,1-3,8,19H2. The molecular weight excluding hydrogens is 279 g/mol. The largest absolute Gasteiger partial charge is 0.416 e. The second-order valence-electron chi connectivity index (χ2n) is 5.33. The van der Waals surface area contributed by atoms with Crippen LogP contribution >= 0.6 is 0 Å². The summed E-state index contributed by atoms with van der Waals surface area (Å²) in [4.78, 5) is 0. The predicted octanol–water partition coefficient (Wildman–Crippen LogP) is 3.27. The Balaban J connectivity index is 1.97. The van der Waals surface area contributed by atoms with Crippen molar-refractivity contribution in [3.05, 3.63) is 47.3 Å². The van der Waals surface area contributed by atoms with Crippen molar-refractivity contribution in [2.24, 2.45) is 5.73 Å². The van der Waals surface area contributed by atoms with Gasteiger partial charge in [0.25, 0.3) is 0 Å². The Labute approximate surface area is 120 Å². The summed E-state index contributed by atoms with van der Waals surface area (Å²) in [6.45, 7) is 0.575. The average Bonchev–Trinajstić information content (AvgIpc) is 2.90. The molecule has 0 radical (unpaired) electrons. The van der Waals surface area contributed by atoms with Gasteiger partial charge in [0.2, 0.25) is 0 Å². The summed E-state index contributed by atoms with van der Waals surface area (Å²) in [5.74, 6) is 0.303. The zero-order chi connectivity index (χ0) is 15.0. The van der Waals surface area contributed by atoms with Crippen LogP contribution in [0.5, 0.6) is 0 Å². The van der Waals surface area contributed by atoms with Gasteiger partial charge in [-0.05, 0) is 61.6 Å². The fraction of sp³-hybridized carbons (Fsp3) is 0.400. The molecule has 112 valence electrons. The number of rotatable bonds is 2. The van der Waals surface area contributed by atoms with Crippen molar-refractivity contribution in [2.45, 2.75) is 31.4 Å². The molecular formula is C15H16F3N3. The second kappa shape index (κ2) is 5.18. The molecule has 1 atom stereocenters. The van der Waals surface area contributed by atoms with Crippen molar-refractivity contribution in [3.63, 3.8) is 0 Å². The minimum absolute atomic E-state index is 0.303. The summed E-state index contributed by atoms with van der Waals surface area (Å²) in [6.07, 6.45) is 0.437. The van der Waals surface area contributed by atoms with Crippen LogP contribution in [-0.4, -0.2) is 16.3 Å². The first-order valence-electron chi connectivity index (χ1n) is 6.95. The molecule has 0 fully saturated rings. The fourth-order valence-electron chi connectivity index (χ4n) is 2.91. The number of hydrogen-bond acceptors (Lipinski definition) is 2. The van der Waals surface area contributed by atoms with Gasteiger partial charge in [0.1, 0.15) is 0 Å². The third-order valence-corrected chi connectivity index (χ3v) is 4.03. The molecule has 6 heteroatoms. The van der Waals surface area contributed by atoms with Gasteiger partial charge in [-0.2, -0.15) is 18.3 Å². The van der Waals surface area contributed by atoms with E-state index in [9.17, 15) is 13.2 Å². The van der Waals surface area contributed by atoms with Crippen LogP contribution in [0, 0.1) is 0 Å². The van der Waals surface area contributed by atoms with E-state index in [2.05, 4.69) is 5.10 Å². The van der Waals surface area contributed by atoms with Crippen molar-refractivity contribution in [3.8, 4) is 5.69 Å². The second-order valence-corrected chi connectivity index (χ2v) is 5.33. The van der Waals surface area contributed by atoms with Crippen LogP contribution in [0.1, 0.15) is 35.6 Å². The van der Waals surface area contributed by atoms with Gasteiger partial charge < -0.3 is 5.73 Å². The molecule has 1 heterocycles. The molecule has 3 nitrogen and oxygen atoms in total. The quantitative estimate of drug-likeness (QED) is 0.924. The van der Waals surface area contributed by atoms with Crippen LogP contribution in [0.25, 0.3) is 5.69 Å². The molecule has 0 saturated carbocycles. The number of halogens is 3. The lowest BCUT2D eigenvalue weighted by Gasteiger charge is -2.21. The summed E-state index contributed by atoms with van der Waals surface area (Å²) in [5, 5.41) is 4.34. The lowest BCUT2D eigenvalue weighted by Crippen LogP contribution is -2.18. The minimum Gasteiger partial charge on any atom is -0.330 e. The number of nitrogens with two attached hydrogens (primary N) is 1. The zero-order valence-electron chi connectivity index (χ0n) is 11.4. The van der Waals surface area contributed by atoms with Crippen LogP contribution in [0.15, 0.2) is 30.5 Å². The smallest absolute Gasteiger partial charge is 0.330 e. The summed E-state index contributed by atoms with van der Waals surface area (Å²) < 4.78 is 39.5. The topological polar surface area (TPSA) is 43.8 Å². The third kappa shape index (κ3) is 2.55. The van der Waals surface area contributed by atoms with Gasteiger partial charge in [-0.1, -0.05) is 0 Å². The van der Waals surface area contributed by atoms with E-state index in [1.165, 1.54) is 12.1 Å². The van der Waals surface area contributed by atoms with Crippen LogP contribution < -0.4 is 5.73 Å². The van der Waals surface area contributed by atoms with Gasteiger partial charge in [-0.15, -0.1) is 0 Å². The molecule has 2 aromatic rings. The number of hydrogen-bond donors (Lipinski definition) is 1. The van der Waals surface area contributed by atoms with Crippen LogP contribution in [0.3, 0.4) is 0 Å². The number of aromatic nitrogens is 2. The highest BCUT2D eigenvalue weighted by Crippen LogP contribution is 2.33. The first kappa shape index (κ1) is 14.1. The Morgan fingerprint density at radius 3 is 2.57 bits per heavy atom. The first-order valence-corrected chi connectivity index (χ1v) is 6.95. The Morgan fingerprint density at radius 1 is 1.24 bits per heavy atom. The number of fused-ring (bicyclic) bond motifs is 1. The van der Waals surface area contributed by atoms with Crippen LogP contribution in [-0.2, 0) is 12.6 Å². The Bertz CT molecular complexity index is 629. The van der Waals surface area contributed by atoms with E-state index in [0.717, 1.165) is 42.7 Å². The normalized spacial score (nSPS) is 18.6. The highest BCUT2D eigenvalue weighted by atomic mass is 19.4. The molecule has 0 bridgehead atoms. The molecule has 2 N–H and O–H groups in total. The van der Waals surface area contributed by atoms with E-state index >= 15 is 0 Å². The highest BCUT2D eigenvalue weighted by molar-refractivity contribution is 5.39. The van der Waals surface area contributed by atoms with E-state index in [1.807, 2.05) is 0 Å². The maximum atomic E-state index is 12.6. The molecule has 0 saturated heterocycles. The minimum atomic E-state index is -4.31. The molecule has 1 aliphatic rings. The maximum absolute atomic E-state index is 12.6. The molecule has 0 aliphatic heterocycles. The summed E-state index contributed by atoms with van der Waals surface area (Å²) in [5.41, 5.74) is 7.97. The molecule has 1 aliphatic carbocycles. The van der Waals surface area contributed by atoms with Crippen molar-refractivity contribution < 1.29 is 13.2 Å². The van der Waals surface area contributed by atoms with Crippen LogP contribution in [0.2, 0.25) is 0 Å². The molecule has 0 spiro atoms.